The average molecular weight is 414 g/mol. The van der Waals surface area contributed by atoms with Crippen molar-refractivity contribution in [3.8, 4) is 0 Å². The topological polar surface area (TPSA) is 49.7 Å². The Morgan fingerprint density at radius 3 is 2.77 bits per heavy atom. The summed E-state index contributed by atoms with van der Waals surface area (Å²) in [7, 11) is 0. The minimum atomic E-state index is -0.676. The van der Waals surface area contributed by atoms with Crippen LogP contribution in [0.25, 0.3) is 0 Å². The van der Waals surface area contributed by atoms with E-state index < -0.39 is 5.97 Å². The van der Waals surface area contributed by atoms with Crippen LogP contribution in [0, 0.1) is 9.49 Å². The summed E-state index contributed by atoms with van der Waals surface area (Å²) in [4.78, 5) is 15.5. The van der Waals surface area contributed by atoms with Crippen LogP contribution in [0.4, 0.5) is 5.69 Å². The molecule has 22 heavy (non-hydrogen) atoms. The Morgan fingerprint density at radius 2 is 2.09 bits per heavy atom. The van der Waals surface area contributed by atoms with Gasteiger partial charge in [0.2, 0.25) is 0 Å². The molecule has 0 bridgehead atoms. The number of nitrogens with zero attached hydrogens (tertiary/aromatic N) is 1. The van der Waals surface area contributed by atoms with Crippen molar-refractivity contribution in [1.29, 1.82) is 0 Å². The van der Waals surface area contributed by atoms with Crippen LogP contribution in [0.5, 0.6) is 0 Å². The van der Waals surface area contributed by atoms with E-state index in [0.29, 0.717) is 0 Å². The molecule has 1 aromatic rings. The predicted octanol–water partition coefficient (Wildman–Crippen LogP) is 1.22. The third kappa shape index (κ3) is 3.70. The van der Waals surface area contributed by atoms with E-state index in [-0.39, 0.29) is 32.5 Å². The average Bonchev–Trinajstić information content (AvgIpc) is 2.69. The summed E-state index contributed by atoms with van der Waals surface area (Å²) in [6.07, 6.45) is 2.94. The molecule has 1 aliphatic rings. The van der Waals surface area contributed by atoms with Gasteiger partial charge in [0.25, 0.3) is 0 Å². The standard InChI is InChI=1S/C18H25INO2/c1-12(17(21)22)8-5-6-11-19-14-9-7-10-15-16(14)18(3,4)13(2)20-15/h7,9-10,12H,5-6,8,11H2,1-4H3,(H,21,22)/q-1. The summed E-state index contributed by atoms with van der Waals surface area (Å²) in [5, 5.41) is 8.90. The first-order valence-electron chi connectivity index (χ1n) is 7.85. The number of aliphatic imine (C=N–C) groups is 1. The number of fused-ring (bicyclic) bond motifs is 1. The van der Waals surface area contributed by atoms with Crippen LogP contribution in [-0.4, -0.2) is 21.2 Å². The summed E-state index contributed by atoms with van der Waals surface area (Å²) in [6.45, 7) is 8.44. The summed E-state index contributed by atoms with van der Waals surface area (Å²) in [6, 6.07) is 6.51. The number of unbranched alkanes of at least 4 members (excludes halogenated alkanes) is 1. The van der Waals surface area contributed by atoms with Crippen molar-refractivity contribution >= 4 is 17.4 Å². The number of carbonyl (C=O) groups is 1. The van der Waals surface area contributed by atoms with Crippen molar-refractivity contribution in [2.75, 3.05) is 4.43 Å². The van der Waals surface area contributed by atoms with Gasteiger partial charge in [-0.1, -0.05) is 0 Å². The molecule has 1 aliphatic heterocycles. The van der Waals surface area contributed by atoms with Crippen LogP contribution in [0.1, 0.15) is 52.5 Å². The molecule has 0 aromatic heterocycles. The molecule has 0 radical (unpaired) electrons. The zero-order chi connectivity index (χ0) is 16.3. The van der Waals surface area contributed by atoms with Crippen LogP contribution in [0.15, 0.2) is 23.2 Å². The summed E-state index contributed by atoms with van der Waals surface area (Å²) in [5.41, 5.74) is 3.84. The Labute approximate surface area is 143 Å². The van der Waals surface area contributed by atoms with Gasteiger partial charge in [-0.3, -0.25) is 0 Å². The fourth-order valence-corrected chi connectivity index (χ4v) is 5.97. The van der Waals surface area contributed by atoms with E-state index in [2.05, 4.69) is 39.0 Å². The van der Waals surface area contributed by atoms with E-state index in [0.717, 1.165) is 24.9 Å². The van der Waals surface area contributed by atoms with Crippen molar-refractivity contribution in [1.82, 2.24) is 0 Å². The van der Waals surface area contributed by atoms with Gasteiger partial charge in [-0.2, -0.15) is 0 Å². The minimum absolute atomic E-state index is 0.0260. The number of hydrogen-bond acceptors (Lipinski definition) is 2. The molecule has 0 saturated carbocycles. The quantitative estimate of drug-likeness (QED) is 0.415. The Kier molecular flexibility index (Phi) is 5.64. The molecule has 0 fully saturated rings. The fraction of sp³-hybridized carbons (Fsp3) is 0.556. The Morgan fingerprint density at radius 1 is 1.36 bits per heavy atom. The molecule has 1 heterocycles. The number of halogens is 1. The molecule has 122 valence electrons. The number of rotatable bonds is 7. The van der Waals surface area contributed by atoms with E-state index in [9.17, 15) is 4.79 Å². The number of hydrogen-bond donors (Lipinski definition) is 1. The molecule has 1 N–H and O–H groups in total. The van der Waals surface area contributed by atoms with Crippen molar-refractivity contribution in [3.63, 3.8) is 0 Å². The number of aliphatic carboxylic acids is 1. The van der Waals surface area contributed by atoms with Gasteiger partial charge in [0.15, 0.2) is 0 Å². The van der Waals surface area contributed by atoms with Crippen LogP contribution in [0.3, 0.4) is 0 Å². The van der Waals surface area contributed by atoms with Crippen molar-refractivity contribution in [2.45, 2.75) is 52.4 Å². The zero-order valence-corrected chi connectivity index (χ0v) is 16.0. The maximum atomic E-state index is 10.8. The second-order valence-corrected chi connectivity index (χ2v) is 9.52. The second kappa shape index (κ2) is 7.11. The van der Waals surface area contributed by atoms with E-state index in [1.54, 1.807) is 6.92 Å². The molecule has 3 nitrogen and oxygen atoms in total. The van der Waals surface area contributed by atoms with Gasteiger partial charge in [0.05, 0.1) is 0 Å². The first kappa shape index (κ1) is 17.4. The third-order valence-electron chi connectivity index (χ3n) is 4.49. The monoisotopic (exact) mass is 414 g/mol. The molecule has 0 amide bonds. The molecule has 0 spiro atoms. The summed E-state index contributed by atoms with van der Waals surface area (Å²) >= 11 is -0.0260. The third-order valence-corrected chi connectivity index (χ3v) is 7.51. The van der Waals surface area contributed by atoms with Crippen LogP contribution < -0.4 is 21.2 Å². The van der Waals surface area contributed by atoms with Crippen molar-refractivity contribution < 1.29 is 31.1 Å². The van der Waals surface area contributed by atoms with Crippen molar-refractivity contribution in [2.24, 2.45) is 10.9 Å². The second-order valence-electron chi connectivity index (χ2n) is 6.51. The van der Waals surface area contributed by atoms with Gasteiger partial charge in [0, 0.05) is 0 Å². The molecule has 0 aliphatic carbocycles. The van der Waals surface area contributed by atoms with Gasteiger partial charge in [-0.15, -0.1) is 0 Å². The summed E-state index contributed by atoms with van der Waals surface area (Å²) < 4.78 is 2.73. The SMILES string of the molecule is CC1=Nc2cccc([I-]CCCCC(C)C(=O)O)c2C1(C)C. The van der Waals surface area contributed by atoms with Gasteiger partial charge in [-0.25, -0.2) is 0 Å². The summed E-state index contributed by atoms with van der Waals surface area (Å²) in [5.74, 6) is -0.890. The Balaban J connectivity index is 1.91. The van der Waals surface area contributed by atoms with Crippen molar-refractivity contribution in [3.05, 3.63) is 27.3 Å². The normalized spacial score (nSPS) is 17.2. The van der Waals surface area contributed by atoms with Crippen LogP contribution in [-0.2, 0) is 10.2 Å². The van der Waals surface area contributed by atoms with Gasteiger partial charge in [-0.05, 0) is 0 Å². The Bertz CT molecular complexity index is 593. The maximum absolute atomic E-state index is 10.8. The number of carboxylic acids is 1. The number of alkyl halides is 1. The molecule has 2 rings (SSSR count). The zero-order valence-electron chi connectivity index (χ0n) is 13.8. The van der Waals surface area contributed by atoms with Gasteiger partial charge in [0.1, 0.15) is 0 Å². The number of carboxylic acid groups (broad SMARTS) is 1. The number of benzene rings is 1. The van der Waals surface area contributed by atoms with Gasteiger partial charge < -0.3 is 0 Å². The van der Waals surface area contributed by atoms with Crippen LogP contribution in [0.2, 0.25) is 0 Å². The molecular formula is C18H25INO2-. The van der Waals surface area contributed by atoms with Gasteiger partial charge >= 0.3 is 144 Å². The fourth-order valence-electron chi connectivity index (χ4n) is 2.67. The molecule has 1 aromatic carbocycles. The first-order chi connectivity index (χ1) is 10.3. The van der Waals surface area contributed by atoms with E-state index in [4.69, 9.17) is 10.1 Å². The molecule has 1 atom stereocenters. The molecule has 0 saturated heterocycles. The molecule has 4 heteroatoms. The van der Waals surface area contributed by atoms with E-state index >= 15 is 0 Å². The molecular weight excluding hydrogens is 389 g/mol. The van der Waals surface area contributed by atoms with E-state index in [1.807, 2.05) is 0 Å². The Hall–Kier alpha value is -0.910. The first-order valence-corrected chi connectivity index (χ1v) is 10.5. The predicted molar refractivity (Wildman–Crippen MR) is 86.5 cm³/mol. The van der Waals surface area contributed by atoms with E-state index in [1.165, 1.54) is 19.3 Å². The molecule has 1 unspecified atom stereocenters. The van der Waals surface area contributed by atoms with Crippen LogP contribution >= 0.6 is 0 Å².